The summed E-state index contributed by atoms with van der Waals surface area (Å²) in [7, 11) is 0. The van der Waals surface area contributed by atoms with Crippen molar-refractivity contribution in [3.8, 4) is 0 Å². The van der Waals surface area contributed by atoms with E-state index >= 15 is 0 Å². The van der Waals surface area contributed by atoms with Crippen LogP contribution in [0.5, 0.6) is 0 Å². The topological polar surface area (TPSA) is 161 Å². The van der Waals surface area contributed by atoms with Crippen molar-refractivity contribution in [3.63, 3.8) is 0 Å². The van der Waals surface area contributed by atoms with E-state index in [9.17, 15) is 22.8 Å². The molecular formula is C21H19F3N4O5. The van der Waals surface area contributed by atoms with Gasteiger partial charge in [-0.05, 0) is 42.3 Å². The number of carbonyl (C=O) groups excluding carboxylic acids is 1. The number of aryl methyl sites for hydroxylation is 1. The first-order valence-electron chi connectivity index (χ1n) is 9.18. The van der Waals surface area contributed by atoms with E-state index in [1.54, 1.807) is 36.4 Å². The van der Waals surface area contributed by atoms with Crippen molar-refractivity contribution in [2.45, 2.75) is 19.5 Å². The van der Waals surface area contributed by atoms with E-state index < -0.39 is 17.8 Å². The van der Waals surface area contributed by atoms with Gasteiger partial charge in [-0.25, -0.2) is 14.6 Å². The smallest absolute Gasteiger partial charge is 0.475 e. The monoisotopic (exact) mass is 464 g/mol. The maximum atomic E-state index is 12.2. The van der Waals surface area contributed by atoms with Gasteiger partial charge in [-0.15, -0.1) is 0 Å². The second-order valence-electron chi connectivity index (χ2n) is 6.69. The highest BCUT2D eigenvalue weighted by atomic mass is 19.4. The van der Waals surface area contributed by atoms with Gasteiger partial charge in [0.2, 0.25) is 5.91 Å². The Morgan fingerprint density at radius 2 is 1.70 bits per heavy atom. The zero-order chi connectivity index (χ0) is 24.8. The number of nitrogens with two attached hydrogens (primary N) is 2. The van der Waals surface area contributed by atoms with Crippen molar-refractivity contribution in [2.75, 3.05) is 5.32 Å². The number of anilines is 1. The van der Waals surface area contributed by atoms with Crippen LogP contribution < -0.4 is 22.4 Å². The predicted molar refractivity (Wildman–Crippen MR) is 115 cm³/mol. The summed E-state index contributed by atoms with van der Waals surface area (Å²) in [5.41, 5.74) is 13.5. The van der Waals surface area contributed by atoms with Crippen molar-refractivity contribution in [3.05, 3.63) is 70.1 Å². The number of fused-ring (bicyclic) bond motifs is 1. The van der Waals surface area contributed by atoms with Crippen LogP contribution in [0.15, 0.2) is 62.7 Å². The Balaban J connectivity index is 0.000000479. The highest BCUT2D eigenvalue weighted by Gasteiger charge is 2.38. The Hall–Kier alpha value is -4.35. The summed E-state index contributed by atoms with van der Waals surface area (Å²) in [6, 6.07) is 13.7. The third kappa shape index (κ3) is 7.69. The second kappa shape index (κ2) is 10.3. The van der Waals surface area contributed by atoms with E-state index in [2.05, 4.69) is 10.3 Å². The van der Waals surface area contributed by atoms with Crippen LogP contribution in [0.2, 0.25) is 0 Å². The van der Waals surface area contributed by atoms with Gasteiger partial charge in [-0.2, -0.15) is 13.2 Å². The first-order valence-corrected chi connectivity index (χ1v) is 9.18. The molecule has 33 heavy (non-hydrogen) atoms. The van der Waals surface area contributed by atoms with Crippen LogP contribution in [-0.4, -0.2) is 29.1 Å². The van der Waals surface area contributed by atoms with Crippen molar-refractivity contribution in [2.24, 2.45) is 16.5 Å². The minimum atomic E-state index is -5.08. The molecule has 1 amide bonds. The number of amides is 1. The summed E-state index contributed by atoms with van der Waals surface area (Å²) in [5.74, 6) is -2.96. The molecule has 174 valence electrons. The van der Waals surface area contributed by atoms with Crippen molar-refractivity contribution in [1.29, 1.82) is 0 Å². The number of hydrogen-bond acceptors (Lipinski definition) is 5. The Labute approximate surface area is 184 Å². The summed E-state index contributed by atoms with van der Waals surface area (Å²) < 4.78 is 36.9. The molecule has 0 radical (unpaired) electrons. The minimum absolute atomic E-state index is 0.0197. The van der Waals surface area contributed by atoms with Crippen LogP contribution in [0.4, 0.5) is 24.5 Å². The third-order valence-electron chi connectivity index (χ3n) is 4.04. The van der Waals surface area contributed by atoms with Crippen LogP contribution in [0, 0.1) is 6.92 Å². The van der Waals surface area contributed by atoms with Gasteiger partial charge in [0.15, 0.2) is 5.96 Å². The Morgan fingerprint density at radius 1 is 1.09 bits per heavy atom. The number of benzene rings is 2. The van der Waals surface area contributed by atoms with E-state index in [0.29, 0.717) is 17.0 Å². The summed E-state index contributed by atoms with van der Waals surface area (Å²) in [4.78, 5) is 36.6. The van der Waals surface area contributed by atoms with Crippen LogP contribution in [0.3, 0.4) is 0 Å². The maximum Gasteiger partial charge on any atom is 0.490 e. The number of carboxylic acid groups (broad SMARTS) is 1. The van der Waals surface area contributed by atoms with Gasteiger partial charge < -0.3 is 26.3 Å². The number of carbonyl (C=O) groups is 2. The highest BCUT2D eigenvalue weighted by molar-refractivity contribution is 5.94. The number of aliphatic imine (C=N–C) groups is 1. The number of hydrogen-bond donors (Lipinski definition) is 4. The van der Waals surface area contributed by atoms with E-state index in [-0.39, 0.29) is 18.3 Å². The number of aliphatic carboxylic acids is 1. The first kappa shape index (κ1) is 24.9. The number of nitrogens with one attached hydrogen (secondary N) is 1. The molecule has 0 atom stereocenters. The fourth-order valence-electron chi connectivity index (χ4n) is 2.63. The Bertz CT molecular complexity index is 1250. The molecule has 1 heterocycles. The molecule has 3 aromatic rings. The molecule has 1 aromatic heterocycles. The van der Waals surface area contributed by atoms with Crippen molar-refractivity contribution in [1.82, 2.24) is 0 Å². The molecule has 12 heteroatoms. The normalized spacial score (nSPS) is 10.7. The molecule has 0 bridgehead atoms. The maximum absolute atomic E-state index is 12.2. The first-order chi connectivity index (χ1) is 15.3. The summed E-state index contributed by atoms with van der Waals surface area (Å²) in [5, 5.41) is 10.8. The van der Waals surface area contributed by atoms with Gasteiger partial charge in [0.25, 0.3) is 0 Å². The fourth-order valence-corrected chi connectivity index (χ4v) is 2.63. The molecule has 3 rings (SSSR count). The number of guanidine groups is 1. The lowest BCUT2D eigenvalue weighted by molar-refractivity contribution is -0.192. The molecule has 0 aliphatic heterocycles. The number of rotatable bonds is 4. The fraction of sp³-hybridized carbons (Fsp3) is 0.143. The van der Waals surface area contributed by atoms with Gasteiger partial charge in [0.05, 0.1) is 12.1 Å². The van der Waals surface area contributed by atoms with E-state index in [1.165, 1.54) is 6.07 Å². The molecule has 2 aromatic carbocycles. The molecule has 0 spiro atoms. The minimum Gasteiger partial charge on any atom is -0.475 e. The number of alkyl halides is 3. The van der Waals surface area contributed by atoms with E-state index in [0.717, 1.165) is 16.5 Å². The van der Waals surface area contributed by atoms with Gasteiger partial charge in [0, 0.05) is 23.2 Å². The number of nitrogens with zero attached hydrogens (tertiary/aromatic N) is 1. The van der Waals surface area contributed by atoms with Gasteiger partial charge in [0.1, 0.15) is 5.58 Å². The average molecular weight is 464 g/mol. The second-order valence-corrected chi connectivity index (χ2v) is 6.69. The quantitative estimate of drug-likeness (QED) is 0.262. The van der Waals surface area contributed by atoms with Gasteiger partial charge in [-0.1, -0.05) is 12.1 Å². The summed E-state index contributed by atoms with van der Waals surface area (Å²) >= 11 is 0. The molecule has 0 fully saturated rings. The molecule has 0 aliphatic rings. The molecule has 0 aliphatic carbocycles. The molecule has 0 unspecified atom stereocenters. The van der Waals surface area contributed by atoms with Crippen LogP contribution >= 0.6 is 0 Å². The largest absolute Gasteiger partial charge is 0.490 e. The van der Waals surface area contributed by atoms with Crippen molar-refractivity contribution >= 4 is 40.2 Å². The highest BCUT2D eigenvalue weighted by Crippen LogP contribution is 2.21. The molecule has 6 N–H and O–H groups in total. The lowest BCUT2D eigenvalue weighted by Crippen LogP contribution is -2.21. The lowest BCUT2D eigenvalue weighted by atomic mass is 10.1. The predicted octanol–water partition coefficient (Wildman–Crippen LogP) is 2.82. The molecule has 0 saturated carbocycles. The Morgan fingerprint density at radius 3 is 2.24 bits per heavy atom. The van der Waals surface area contributed by atoms with Crippen LogP contribution in [0.1, 0.15) is 11.1 Å². The summed E-state index contributed by atoms with van der Waals surface area (Å²) in [6.07, 6.45) is -4.89. The SMILES string of the molecule is Cc1cc(=O)oc2cc(NC(=O)Cc3ccc(N=C(N)N)cc3)ccc12.O=C(O)C(F)(F)F. The summed E-state index contributed by atoms with van der Waals surface area (Å²) in [6.45, 7) is 1.84. The number of halogens is 3. The molecule has 0 saturated heterocycles. The van der Waals surface area contributed by atoms with Crippen LogP contribution in [0.25, 0.3) is 11.0 Å². The third-order valence-corrected chi connectivity index (χ3v) is 4.04. The zero-order valence-corrected chi connectivity index (χ0v) is 17.1. The standard InChI is InChI=1S/C19H18N4O3.C2HF3O2/c1-11-8-18(25)26-16-10-14(6-7-15(11)16)22-17(24)9-12-2-4-13(5-3-12)23-19(20)21;3-2(4,5)1(6)7/h2-8,10H,9H2,1H3,(H,22,24)(H4,20,21,23);(H,6,7). The zero-order valence-electron chi connectivity index (χ0n) is 17.1. The average Bonchev–Trinajstić information content (AvgIpc) is 2.68. The molecular weight excluding hydrogens is 445 g/mol. The van der Waals surface area contributed by atoms with Crippen molar-refractivity contribution < 1.29 is 32.3 Å². The van der Waals surface area contributed by atoms with E-state index in [1.807, 2.05) is 13.0 Å². The molecule has 9 nitrogen and oxygen atoms in total. The Kier molecular flexibility index (Phi) is 7.78. The van der Waals surface area contributed by atoms with Gasteiger partial charge in [-0.3, -0.25) is 4.79 Å². The van der Waals surface area contributed by atoms with Gasteiger partial charge >= 0.3 is 17.8 Å². The van der Waals surface area contributed by atoms with E-state index in [4.69, 9.17) is 25.8 Å². The van der Waals surface area contributed by atoms with Crippen LogP contribution in [-0.2, 0) is 16.0 Å². The lowest BCUT2D eigenvalue weighted by Gasteiger charge is -2.07. The number of carboxylic acids is 1.